The summed E-state index contributed by atoms with van der Waals surface area (Å²) in [5, 5.41) is 12.2. The Morgan fingerprint density at radius 3 is 2.75 bits per heavy atom. The van der Waals surface area contributed by atoms with E-state index in [4.69, 9.17) is 9.47 Å². The summed E-state index contributed by atoms with van der Waals surface area (Å²) < 4.78 is 10.1. The van der Waals surface area contributed by atoms with Crippen molar-refractivity contribution in [2.75, 3.05) is 26.9 Å². The van der Waals surface area contributed by atoms with Crippen molar-refractivity contribution in [1.82, 2.24) is 5.32 Å². The van der Waals surface area contributed by atoms with Crippen molar-refractivity contribution in [1.29, 1.82) is 0 Å². The molecule has 110 valence electrons. The lowest BCUT2D eigenvalue weighted by atomic mass is 10.2. The van der Waals surface area contributed by atoms with E-state index < -0.39 is 6.10 Å². The van der Waals surface area contributed by atoms with Crippen LogP contribution < -0.4 is 10.1 Å². The highest BCUT2D eigenvalue weighted by molar-refractivity contribution is 5.94. The van der Waals surface area contributed by atoms with Gasteiger partial charge in [0.25, 0.3) is 5.91 Å². The fourth-order valence-electron chi connectivity index (χ4n) is 1.59. The monoisotopic (exact) mass is 279 g/mol. The molecule has 0 bridgehead atoms. The first-order chi connectivity index (χ1) is 9.67. The summed E-state index contributed by atoms with van der Waals surface area (Å²) in [7, 11) is 1.53. The summed E-state index contributed by atoms with van der Waals surface area (Å²) >= 11 is 0. The summed E-state index contributed by atoms with van der Waals surface area (Å²) in [4.78, 5) is 11.8. The van der Waals surface area contributed by atoms with Crippen molar-refractivity contribution in [2.24, 2.45) is 0 Å². The van der Waals surface area contributed by atoms with Crippen LogP contribution in [0.15, 0.2) is 36.9 Å². The number of amides is 1. The minimum atomic E-state index is -0.560. The molecule has 0 aliphatic carbocycles. The lowest BCUT2D eigenvalue weighted by Gasteiger charge is -2.10. The van der Waals surface area contributed by atoms with Crippen molar-refractivity contribution in [3.05, 3.63) is 42.5 Å². The van der Waals surface area contributed by atoms with E-state index in [0.29, 0.717) is 30.9 Å². The number of ether oxygens (including phenoxy) is 2. The second kappa shape index (κ2) is 9.12. The van der Waals surface area contributed by atoms with E-state index >= 15 is 0 Å². The number of rotatable bonds is 9. The molecule has 5 heteroatoms. The van der Waals surface area contributed by atoms with E-state index in [2.05, 4.69) is 11.9 Å². The molecule has 2 N–H and O–H groups in total. The maximum atomic E-state index is 11.8. The SMILES string of the molecule is C=CCOc1ccc(C(=O)NCCC(O)COC)cc1. The van der Waals surface area contributed by atoms with Crippen molar-refractivity contribution in [3.63, 3.8) is 0 Å². The van der Waals surface area contributed by atoms with Crippen LogP contribution in [0.3, 0.4) is 0 Å². The first-order valence-corrected chi connectivity index (χ1v) is 6.46. The Balaban J connectivity index is 2.37. The van der Waals surface area contributed by atoms with Gasteiger partial charge >= 0.3 is 0 Å². The number of methoxy groups -OCH3 is 1. The molecule has 1 aromatic rings. The van der Waals surface area contributed by atoms with Gasteiger partial charge in [-0.2, -0.15) is 0 Å². The number of carbonyl (C=O) groups is 1. The van der Waals surface area contributed by atoms with Crippen molar-refractivity contribution in [2.45, 2.75) is 12.5 Å². The van der Waals surface area contributed by atoms with Crippen molar-refractivity contribution >= 4 is 5.91 Å². The molecule has 5 nitrogen and oxygen atoms in total. The van der Waals surface area contributed by atoms with Crippen LogP contribution >= 0.6 is 0 Å². The number of aliphatic hydroxyl groups is 1. The predicted molar refractivity (Wildman–Crippen MR) is 77.0 cm³/mol. The topological polar surface area (TPSA) is 67.8 Å². The van der Waals surface area contributed by atoms with Gasteiger partial charge in [0.1, 0.15) is 12.4 Å². The standard InChI is InChI=1S/C15H21NO4/c1-3-10-20-14-6-4-12(5-7-14)15(18)16-9-8-13(17)11-19-2/h3-7,13,17H,1,8-11H2,2H3,(H,16,18). The fourth-order valence-corrected chi connectivity index (χ4v) is 1.59. The molecule has 0 aliphatic rings. The number of aliphatic hydroxyl groups excluding tert-OH is 1. The molecule has 1 aromatic carbocycles. The normalized spacial score (nSPS) is 11.7. The summed E-state index contributed by atoms with van der Waals surface area (Å²) in [5.74, 6) is 0.516. The fraction of sp³-hybridized carbons (Fsp3) is 0.400. The van der Waals surface area contributed by atoms with Gasteiger partial charge < -0.3 is 19.9 Å². The van der Waals surface area contributed by atoms with Crippen LogP contribution in [-0.2, 0) is 4.74 Å². The minimum Gasteiger partial charge on any atom is -0.490 e. The van der Waals surface area contributed by atoms with Crippen LogP contribution in [0.2, 0.25) is 0 Å². The van der Waals surface area contributed by atoms with E-state index in [1.165, 1.54) is 7.11 Å². The highest BCUT2D eigenvalue weighted by atomic mass is 16.5. The van der Waals surface area contributed by atoms with Gasteiger partial charge in [0.2, 0.25) is 0 Å². The Labute approximate surface area is 119 Å². The Morgan fingerprint density at radius 2 is 2.15 bits per heavy atom. The van der Waals surface area contributed by atoms with E-state index in [9.17, 15) is 9.90 Å². The van der Waals surface area contributed by atoms with Crippen LogP contribution in [0.4, 0.5) is 0 Å². The lowest BCUT2D eigenvalue weighted by molar-refractivity contribution is 0.0587. The molecule has 0 aromatic heterocycles. The second-order valence-electron chi connectivity index (χ2n) is 4.28. The number of nitrogens with one attached hydrogen (secondary N) is 1. The summed E-state index contributed by atoms with van der Waals surface area (Å²) in [5.41, 5.74) is 0.553. The summed E-state index contributed by atoms with van der Waals surface area (Å²) in [6.07, 6.45) is 1.56. The molecule has 1 rings (SSSR count). The largest absolute Gasteiger partial charge is 0.490 e. The van der Waals surface area contributed by atoms with Gasteiger partial charge in [-0.1, -0.05) is 12.7 Å². The van der Waals surface area contributed by atoms with Gasteiger partial charge in [0.15, 0.2) is 0 Å². The van der Waals surface area contributed by atoms with Gasteiger partial charge in [-0.25, -0.2) is 0 Å². The highest BCUT2D eigenvalue weighted by Gasteiger charge is 2.07. The maximum Gasteiger partial charge on any atom is 0.251 e. The average Bonchev–Trinajstić information content (AvgIpc) is 2.46. The smallest absolute Gasteiger partial charge is 0.251 e. The first kappa shape index (κ1) is 16.2. The molecule has 1 unspecified atom stereocenters. The maximum absolute atomic E-state index is 11.8. The van der Waals surface area contributed by atoms with Gasteiger partial charge in [-0.05, 0) is 30.7 Å². The summed E-state index contributed by atoms with van der Waals surface area (Å²) in [6, 6.07) is 6.86. The Bertz CT molecular complexity index is 416. The van der Waals surface area contributed by atoms with Crippen LogP contribution in [-0.4, -0.2) is 44.0 Å². The third-order valence-corrected chi connectivity index (χ3v) is 2.61. The first-order valence-electron chi connectivity index (χ1n) is 6.46. The molecule has 0 spiro atoms. The number of hydrogen-bond acceptors (Lipinski definition) is 4. The molecule has 0 fully saturated rings. The molecular formula is C15H21NO4. The quantitative estimate of drug-likeness (QED) is 0.670. The van der Waals surface area contributed by atoms with Crippen LogP contribution in [0.1, 0.15) is 16.8 Å². The third-order valence-electron chi connectivity index (χ3n) is 2.61. The van der Waals surface area contributed by atoms with E-state index in [1.54, 1.807) is 30.3 Å². The Morgan fingerprint density at radius 1 is 1.45 bits per heavy atom. The van der Waals surface area contributed by atoms with Crippen LogP contribution in [0.25, 0.3) is 0 Å². The van der Waals surface area contributed by atoms with Crippen molar-refractivity contribution in [3.8, 4) is 5.75 Å². The van der Waals surface area contributed by atoms with Crippen LogP contribution in [0, 0.1) is 0 Å². The molecule has 20 heavy (non-hydrogen) atoms. The average molecular weight is 279 g/mol. The van der Waals surface area contributed by atoms with E-state index in [-0.39, 0.29) is 12.5 Å². The molecule has 0 saturated heterocycles. The van der Waals surface area contributed by atoms with Gasteiger partial charge in [0.05, 0.1) is 12.7 Å². The molecular weight excluding hydrogens is 258 g/mol. The van der Waals surface area contributed by atoms with E-state index in [1.807, 2.05) is 0 Å². The molecule has 1 amide bonds. The number of benzene rings is 1. The second-order valence-corrected chi connectivity index (χ2v) is 4.28. The molecule has 0 saturated carbocycles. The zero-order valence-electron chi connectivity index (χ0n) is 11.7. The van der Waals surface area contributed by atoms with Gasteiger partial charge in [-0.3, -0.25) is 4.79 Å². The zero-order valence-corrected chi connectivity index (χ0v) is 11.7. The predicted octanol–water partition coefficient (Wildman–Crippen LogP) is 1.38. The van der Waals surface area contributed by atoms with E-state index in [0.717, 1.165) is 0 Å². The number of hydrogen-bond donors (Lipinski definition) is 2. The summed E-state index contributed by atoms with van der Waals surface area (Å²) in [6.45, 7) is 4.67. The molecule has 0 radical (unpaired) electrons. The molecule has 1 atom stereocenters. The lowest BCUT2D eigenvalue weighted by Crippen LogP contribution is -2.28. The van der Waals surface area contributed by atoms with Crippen LogP contribution in [0.5, 0.6) is 5.75 Å². The molecule has 0 heterocycles. The van der Waals surface area contributed by atoms with Gasteiger partial charge in [0, 0.05) is 19.2 Å². The van der Waals surface area contributed by atoms with Crippen molar-refractivity contribution < 1.29 is 19.4 Å². The highest BCUT2D eigenvalue weighted by Crippen LogP contribution is 2.12. The minimum absolute atomic E-state index is 0.176. The van der Waals surface area contributed by atoms with Gasteiger partial charge in [-0.15, -0.1) is 0 Å². The Kier molecular flexibility index (Phi) is 7.39. The third kappa shape index (κ3) is 5.86. The molecule has 0 aliphatic heterocycles. The Hall–Kier alpha value is -1.85. The zero-order chi connectivity index (χ0) is 14.8. The number of carbonyl (C=O) groups excluding carboxylic acids is 1.